The average molecular weight is 284 g/mol. The van der Waals surface area contributed by atoms with Crippen molar-refractivity contribution in [2.45, 2.75) is 64.2 Å². The molecule has 0 spiro atoms. The first-order valence-electron chi connectivity index (χ1n) is 6.93. The molecule has 1 aliphatic rings. The Labute approximate surface area is 123 Å². The molecule has 1 saturated carbocycles. The highest BCUT2D eigenvalue weighted by Crippen LogP contribution is 2.24. The highest BCUT2D eigenvalue weighted by atomic mass is 35.5. The first-order chi connectivity index (χ1) is 8.47. The van der Waals surface area contributed by atoms with E-state index >= 15 is 0 Å². The van der Waals surface area contributed by atoms with Crippen LogP contribution in [-0.4, -0.2) is 12.1 Å². The zero-order chi connectivity index (χ0) is 13.2. The van der Waals surface area contributed by atoms with Crippen molar-refractivity contribution in [2.24, 2.45) is 5.73 Å². The Bertz CT molecular complexity index is 383. The van der Waals surface area contributed by atoms with Gasteiger partial charge in [-0.25, -0.2) is 0 Å². The maximum atomic E-state index is 6.00. The molecule has 0 amide bonds. The van der Waals surface area contributed by atoms with Crippen LogP contribution in [0.3, 0.4) is 0 Å². The van der Waals surface area contributed by atoms with Crippen molar-refractivity contribution in [3.8, 4) is 0 Å². The maximum Gasteiger partial charge on any atom is 0.0730 e. The lowest BCUT2D eigenvalue weighted by Gasteiger charge is -2.20. The molecule has 0 aliphatic heterocycles. The normalized spacial score (nSPS) is 23.2. The predicted octanol–water partition coefficient (Wildman–Crippen LogP) is 3.80. The minimum atomic E-state index is 0. The molecular formula is C16H26ClNO. The summed E-state index contributed by atoms with van der Waals surface area (Å²) in [6.07, 6.45) is 3.68. The molecule has 1 aromatic rings. The summed E-state index contributed by atoms with van der Waals surface area (Å²) in [5.74, 6) is 0. The smallest absolute Gasteiger partial charge is 0.0730 e. The summed E-state index contributed by atoms with van der Waals surface area (Å²) in [7, 11) is 0. The fraction of sp³-hybridized carbons (Fsp3) is 0.625. The molecule has 2 N–H and O–H groups in total. The number of benzene rings is 1. The summed E-state index contributed by atoms with van der Waals surface area (Å²) >= 11 is 0. The number of hydrogen-bond donors (Lipinski definition) is 1. The SMILES string of the molecule is CC(C)(C)c1ccc(CO[C@@H]2CCC[C@H]2N)cc1.Cl. The van der Waals surface area contributed by atoms with Crippen molar-refractivity contribution in [1.29, 1.82) is 0 Å². The zero-order valence-electron chi connectivity index (χ0n) is 12.2. The van der Waals surface area contributed by atoms with Crippen LogP contribution < -0.4 is 5.73 Å². The van der Waals surface area contributed by atoms with Crippen LogP contribution in [0.25, 0.3) is 0 Å². The van der Waals surface area contributed by atoms with Crippen molar-refractivity contribution in [2.75, 3.05) is 0 Å². The van der Waals surface area contributed by atoms with Crippen LogP contribution in [0, 0.1) is 0 Å². The number of nitrogens with two attached hydrogens (primary N) is 1. The Hall–Kier alpha value is -0.570. The standard InChI is InChI=1S/C16H25NO.ClH/c1-16(2,3)13-9-7-12(8-10-13)11-18-15-6-4-5-14(15)17;/h7-10,14-15H,4-6,11,17H2,1-3H3;1H/t14-,15-;/m1./s1. The van der Waals surface area contributed by atoms with Gasteiger partial charge in [-0.1, -0.05) is 45.0 Å². The molecule has 0 bridgehead atoms. The van der Waals surface area contributed by atoms with Gasteiger partial charge >= 0.3 is 0 Å². The Balaban J connectivity index is 0.00000180. The van der Waals surface area contributed by atoms with Crippen LogP contribution in [0.15, 0.2) is 24.3 Å². The predicted molar refractivity (Wildman–Crippen MR) is 82.8 cm³/mol. The van der Waals surface area contributed by atoms with Crippen molar-refractivity contribution >= 4 is 12.4 Å². The van der Waals surface area contributed by atoms with E-state index in [1.807, 2.05) is 0 Å². The minimum absolute atomic E-state index is 0. The fourth-order valence-electron chi connectivity index (χ4n) is 2.47. The van der Waals surface area contributed by atoms with E-state index in [1.165, 1.54) is 17.5 Å². The second-order valence-electron chi connectivity index (χ2n) is 6.39. The van der Waals surface area contributed by atoms with Gasteiger partial charge in [-0.3, -0.25) is 0 Å². The molecule has 2 rings (SSSR count). The third-order valence-corrected chi connectivity index (χ3v) is 3.79. The van der Waals surface area contributed by atoms with Crippen LogP contribution in [-0.2, 0) is 16.8 Å². The topological polar surface area (TPSA) is 35.2 Å². The van der Waals surface area contributed by atoms with Gasteiger partial charge in [0, 0.05) is 6.04 Å². The second-order valence-corrected chi connectivity index (χ2v) is 6.39. The molecule has 108 valence electrons. The Morgan fingerprint density at radius 2 is 1.79 bits per heavy atom. The van der Waals surface area contributed by atoms with Gasteiger partial charge in [-0.2, -0.15) is 0 Å². The molecule has 3 heteroatoms. The van der Waals surface area contributed by atoms with Gasteiger partial charge in [0.15, 0.2) is 0 Å². The van der Waals surface area contributed by atoms with E-state index in [9.17, 15) is 0 Å². The lowest BCUT2D eigenvalue weighted by molar-refractivity contribution is 0.0357. The monoisotopic (exact) mass is 283 g/mol. The van der Waals surface area contributed by atoms with Crippen molar-refractivity contribution in [3.63, 3.8) is 0 Å². The molecule has 1 fully saturated rings. The molecule has 0 aromatic heterocycles. The van der Waals surface area contributed by atoms with E-state index in [0.29, 0.717) is 6.61 Å². The van der Waals surface area contributed by atoms with E-state index < -0.39 is 0 Å². The van der Waals surface area contributed by atoms with E-state index in [-0.39, 0.29) is 30.0 Å². The van der Waals surface area contributed by atoms with E-state index in [1.54, 1.807) is 0 Å². The highest BCUT2D eigenvalue weighted by Gasteiger charge is 2.24. The summed E-state index contributed by atoms with van der Waals surface area (Å²) in [5, 5.41) is 0. The first-order valence-corrected chi connectivity index (χ1v) is 6.93. The third-order valence-electron chi connectivity index (χ3n) is 3.79. The summed E-state index contributed by atoms with van der Waals surface area (Å²) in [6, 6.07) is 8.97. The molecule has 1 aliphatic carbocycles. The van der Waals surface area contributed by atoms with Crippen molar-refractivity contribution in [3.05, 3.63) is 35.4 Å². The van der Waals surface area contributed by atoms with Gasteiger partial charge in [-0.05, 0) is 35.8 Å². The van der Waals surface area contributed by atoms with Gasteiger partial charge in [0.25, 0.3) is 0 Å². The van der Waals surface area contributed by atoms with Crippen molar-refractivity contribution in [1.82, 2.24) is 0 Å². The Morgan fingerprint density at radius 3 is 2.26 bits per heavy atom. The highest BCUT2D eigenvalue weighted by molar-refractivity contribution is 5.85. The summed E-state index contributed by atoms with van der Waals surface area (Å²) < 4.78 is 5.90. The first kappa shape index (κ1) is 16.5. The van der Waals surface area contributed by atoms with Crippen LogP contribution in [0.5, 0.6) is 0 Å². The van der Waals surface area contributed by atoms with Crippen LogP contribution in [0.1, 0.15) is 51.2 Å². The molecule has 19 heavy (non-hydrogen) atoms. The van der Waals surface area contributed by atoms with E-state index in [4.69, 9.17) is 10.5 Å². The summed E-state index contributed by atoms with van der Waals surface area (Å²) in [4.78, 5) is 0. The number of hydrogen-bond acceptors (Lipinski definition) is 2. The lowest BCUT2D eigenvalue weighted by Crippen LogP contribution is -2.31. The van der Waals surface area contributed by atoms with Gasteiger partial charge < -0.3 is 10.5 Å². The van der Waals surface area contributed by atoms with Crippen LogP contribution >= 0.6 is 12.4 Å². The summed E-state index contributed by atoms with van der Waals surface area (Å²) in [6.45, 7) is 7.38. The third kappa shape index (κ3) is 4.48. The average Bonchev–Trinajstić information content (AvgIpc) is 2.72. The van der Waals surface area contributed by atoms with E-state index in [0.717, 1.165) is 12.8 Å². The van der Waals surface area contributed by atoms with Crippen LogP contribution in [0.4, 0.5) is 0 Å². The number of rotatable bonds is 3. The largest absolute Gasteiger partial charge is 0.372 e. The van der Waals surface area contributed by atoms with Gasteiger partial charge in [0.2, 0.25) is 0 Å². The molecular weight excluding hydrogens is 258 g/mol. The molecule has 2 nitrogen and oxygen atoms in total. The minimum Gasteiger partial charge on any atom is -0.372 e. The number of halogens is 1. The maximum absolute atomic E-state index is 6.00. The van der Waals surface area contributed by atoms with Gasteiger partial charge in [-0.15, -0.1) is 12.4 Å². The van der Waals surface area contributed by atoms with Gasteiger partial charge in [0.1, 0.15) is 0 Å². The van der Waals surface area contributed by atoms with E-state index in [2.05, 4.69) is 45.0 Å². The molecule has 1 aromatic carbocycles. The quantitative estimate of drug-likeness (QED) is 0.916. The summed E-state index contributed by atoms with van der Waals surface area (Å²) in [5.41, 5.74) is 8.82. The second kappa shape index (κ2) is 6.74. The van der Waals surface area contributed by atoms with Gasteiger partial charge in [0.05, 0.1) is 12.7 Å². The lowest BCUT2D eigenvalue weighted by atomic mass is 9.87. The Kier molecular flexibility index (Phi) is 5.84. The molecule has 2 atom stereocenters. The van der Waals surface area contributed by atoms with Crippen LogP contribution in [0.2, 0.25) is 0 Å². The number of ether oxygens (including phenoxy) is 1. The fourth-order valence-corrected chi connectivity index (χ4v) is 2.47. The molecule has 0 unspecified atom stereocenters. The molecule has 0 saturated heterocycles. The van der Waals surface area contributed by atoms with Crippen molar-refractivity contribution < 1.29 is 4.74 Å². The Morgan fingerprint density at radius 1 is 1.16 bits per heavy atom. The molecule has 0 radical (unpaired) electrons. The molecule has 0 heterocycles. The zero-order valence-corrected chi connectivity index (χ0v) is 13.0.